The van der Waals surface area contributed by atoms with Gasteiger partial charge in [-0.15, -0.1) is 0 Å². The van der Waals surface area contributed by atoms with Crippen LogP contribution in [0.1, 0.15) is 19.3 Å². The highest BCUT2D eigenvalue weighted by molar-refractivity contribution is 4.86. The van der Waals surface area contributed by atoms with Crippen LogP contribution >= 0.6 is 0 Å². The molecule has 0 bridgehead atoms. The van der Waals surface area contributed by atoms with Crippen LogP contribution in [0.3, 0.4) is 0 Å². The molecule has 0 aromatic rings. The van der Waals surface area contributed by atoms with Crippen LogP contribution in [0.15, 0.2) is 0 Å². The quantitative estimate of drug-likeness (QED) is 0.466. The fourth-order valence-corrected chi connectivity index (χ4v) is 1.14. The van der Waals surface area contributed by atoms with Crippen molar-refractivity contribution in [2.75, 3.05) is 0 Å². The molecule has 0 heterocycles. The van der Waals surface area contributed by atoms with Crippen LogP contribution in [-0.2, 0) is 0 Å². The number of hydrogen-bond donors (Lipinski definition) is 0. The summed E-state index contributed by atoms with van der Waals surface area (Å²) in [7, 11) is 0. The zero-order valence-electron chi connectivity index (χ0n) is 5.23. The molecule has 2 radical (unpaired) electrons. The van der Waals surface area contributed by atoms with E-state index >= 15 is 0 Å². The van der Waals surface area contributed by atoms with Crippen molar-refractivity contribution in [2.24, 2.45) is 0 Å². The third kappa shape index (κ3) is 1.40. The smallest absolute Gasteiger partial charge is 0.118 e. The minimum Gasteiger partial charge on any atom is -0.253 e. The molecule has 0 aromatic heterocycles. The van der Waals surface area contributed by atoms with Gasteiger partial charge in [0.1, 0.15) is 6.17 Å². The van der Waals surface area contributed by atoms with E-state index in [1.807, 2.05) is 0 Å². The van der Waals surface area contributed by atoms with Gasteiger partial charge in [0.2, 0.25) is 0 Å². The summed E-state index contributed by atoms with van der Waals surface area (Å²) in [5, 5.41) is 0. The fraction of sp³-hybridized carbons (Fsp3) is 1.00. The van der Waals surface area contributed by atoms with Crippen molar-refractivity contribution in [3.05, 3.63) is 0 Å². The standard InChI is InChI=1S/C6H11FN2/c7-4-2-1-3-5(8)6(4)9/h4-6,8-9H,1-3H2. The lowest BCUT2D eigenvalue weighted by Crippen LogP contribution is -2.40. The molecule has 1 rings (SSSR count). The maximum Gasteiger partial charge on any atom is 0.118 e. The van der Waals surface area contributed by atoms with Crippen LogP contribution in [0.5, 0.6) is 0 Å². The highest BCUT2D eigenvalue weighted by Crippen LogP contribution is 2.20. The van der Waals surface area contributed by atoms with Crippen LogP contribution in [0.4, 0.5) is 4.39 Å². The summed E-state index contributed by atoms with van der Waals surface area (Å²) < 4.78 is 12.5. The molecular weight excluding hydrogens is 119 g/mol. The molecule has 0 saturated heterocycles. The Morgan fingerprint density at radius 3 is 2.33 bits per heavy atom. The first-order chi connectivity index (χ1) is 4.22. The summed E-state index contributed by atoms with van der Waals surface area (Å²) in [6.07, 6.45) is 0.935. The maximum absolute atomic E-state index is 12.5. The van der Waals surface area contributed by atoms with Gasteiger partial charge >= 0.3 is 0 Å². The molecule has 3 heteroatoms. The molecule has 0 spiro atoms. The Balaban J connectivity index is 2.41. The van der Waals surface area contributed by atoms with Crippen molar-refractivity contribution in [1.29, 1.82) is 0 Å². The Labute approximate surface area is 54.4 Å². The molecule has 3 unspecified atom stereocenters. The van der Waals surface area contributed by atoms with E-state index in [9.17, 15) is 4.39 Å². The molecular formula is C6H11FN2. The van der Waals surface area contributed by atoms with Gasteiger partial charge in [-0.3, -0.25) is 5.73 Å². The average molecular weight is 130 g/mol. The normalized spacial score (nSPS) is 45.0. The molecule has 0 amide bonds. The van der Waals surface area contributed by atoms with Gasteiger partial charge < -0.3 is 0 Å². The van der Waals surface area contributed by atoms with Crippen molar-refractivity contribution < 1.29 is 4.39 Å². The van der Waals surface area contributed by atoms with E-state index < -0.39 is 18.3 Å². The first-order valence-electron chi connectivity index (χ1n) is 3.28. The third-order valence-electron chi connectivity index (χ3n) is 1.82. The van der Waals surface area contributed by atoms with Crippen LogP contribution in [0, 0.1) is 0 Å². The van der Waals surface area contributed by atoms with Crippen molar-refractivity contribution in [3.8, 4) is 0 Å². The van der Waals surface area contributed by atoms with Crippen molar-refractivity contribution in [2.45, 2.75) is 37.5 Å². The Morgan fingerprint density at radius 2 is 1.89 bits per heavy atom. The maximum atomic E-state index is 12.5. The zero-order chi connectivity index (χ0) is 6.85. The van der Waals surface area contributed by atoms with Crippen LogP contribution in [0.25, 0.3) is 0 Å². The Bertz CT molecular complexity index is 87.1. The number of hydrogen-bond acceptors (Lipinski definition) is 0. The van der Waals surface area contributed by atoms with Gasteiger partial charge in [0, 0.05) is 6.04 Å². The summed E-state index contributed by atoms with van der Waals surface area (Å²) in [4.78, 5) is 0. The van der Waals surface area contributed by atoms with Gasteiger partial charge in [0.25, 0.3) is 0 Å². The highest BCUT2D eigenvalue weighted by Gasteiger charge is 2.28. The van der Waals surface area contributed by atoms with Gasteiger partial charge in [-0.05, 0) is 19.3 Å². The average Bonchev–Trinajstić information content (AvgIpc) is 1.83. The number of nitrogens with one attached hydrogen (secondary N) is 2. The second kappa shape index (κ2) is 2.62. The first-order valence-corrected chi connectivity index (χ1v) is 3.28. The van der Waals surface area contributed by atoms with Crippen molar-refractivity contribution in [1.82, 2.24) is 11.5 Å². The molecule has 2 N–H and O–H groups in total. The Morgan fingerprint density at radius 1 is 1.22 bits per heavy atom. The SMILES string of the molecule is [NH]C1CCCC(F)C1[NH]. The molecule has 52 valence electrons. The van der Waals surface area contributed by atoms with Crippen LogP contribution in [0.2, 0.25) is 0 Å². The van der Waals surface area contributed by atoms with E-state index in [0.29, 0.717) is 12.8 Å². The van der Waals surface area contributed by atoms with E-state index in [1.165, 1.54) is 0 Å². The summed E-state index contributed by atoms with van der Waals surface area (Å²) >= 11 is 0. The summed E-state index contributed by atoms with van der Waals surface area (Å²) in [5.41, 5.74) is 14.3. The van der Waals surface area contributed by atoms with E-state index in [1.54, 1.807) is 0 Å². The lowest BCUT2D eigenvalue weighted by atomic mass is 9.90. The lowest BCUT2D eigenvalue weighted by molar-refractivity contribution is 0.191. The molecule has 0 aromatic carbocycles. The van der Waals surface area contributed by atoms with E-state index in [0.717, 1.165) is 6.42 Å². The Kier molecular flexibility index (Phi) is 2.03. The van der Waals surface area contributed by atoms with E-state index in [2.05, 4.69) is 0 Å². The zero-order valence-corrected chi connectivity index (χ0v) is 5.23. The van der Waals surface area contributed by atoms with Gasteiger partial charge in [-0.25, -0.2) is 10.1 Å². The van der Waals surface area contributed by atoms with E-state index in [-0.39, 0.29) is 0 Å². The number of rotatable bonds is 0. The monoisotopic (exact) mass is 130 g/mol. The fourth-order valence-electron chi connectivity index (χ4n) is 1.14. The molecule has 1 aliphatic rings. The van der Waals surface area contributed by atoms with Gasteiger partial charge in [-0.2, -0.15) is 0 Å². The predicted octanol–water partition coefficient (Wildman–Crippen LogP) is 0.811. The second-order valence-corrected chi connectivity index (χ2v) is 2.58. The number of halogens is 1. The molecule has 1 fully saturated rings. The second-order valence-electron chi connectivity index (χ2n) is 2.58. The van der Waals surface area contributed by atoms with Crippen LogP contribution < -0.4 is 11.5 Å². The highest BCUT2D eigenvalue weighted by atomic mass is 19.1. The first kappa shape index (κ1) is 6.96. The van der Waals surface area contributed by atoms with Gasteiger partial charge in [0.15, 0.2) is 0 Å². The molecule has 3 atom stereocenters. The molecule has 0 aliphatic heterocycles. The largest absolute Gasteiger partial charge is 0.253 e. The van der Waals surface area contributed by atoms with E-state index in [4.69, 9.17) is 11.5 Å². The minimum absolute atomic E-state index is 0.478. The molecule has 2 nitrogen and oxygen atoms in total. The minimum atomic E-state index is -1.04. The lowest BCUT2D eigenvalue weighted by Gasteiger charge is -2.26. The topological polar surface area (TPSA) is 47.6 Å². The van der Waals surface area contributed by atoms with Crippen molar-refractivity contribution in [3.63, 3.8) is 0 Å². The van der Waals surface area contributed by atoms with Crippen LogP contribution in [-0.4, -0.2) is 18.3 Å². The van der Waals surface area contributed by atoms with Crippen molar-refractivity contribution >= 4 is 0 Å². The molecule has 1 aliphatic carbocycles. The Hall–Kier alpha value is -0.150. The number of alkyl halides is 1. The summed E-state index contributed by atoms with van der Waals surface area (Å²) in [6.45, 7) is 0. The summed E-state index contributed by atoms with van der Waals surface area (Å²) in [5.74, 6) is 0. The van der Waals surface area contributed by atoms with Gasteiger partial charge in [-0.1, -0.05) is 0 Å². The molecule has 9 heavy (non-hydrogen) atoms. The molecule has 1 saturated carbocycles. The summed E-state index contributed by atoms with van der Waals surface area (Å²) in [6, 6.07) is -1.26. The predicted molar refractivity (Wildman–Crippen MR) is 32.5 cm³/mol. The third-order valence-corrected chi connectivity index (χ3v) is 1.82. The van der Waals surface area contributed by atoms with Gasteiger partial charge in [0.05, 0.1) is 6.04 Å².